The minimum Gasteiger partial charge on any atom is -0.450 e. The first-order chi connectivity index (χ1) is 5.02. The van der Waals surface area contributed by atoms with E-state index >= 15 is 0 Å². The first-order valence-electron chi connectivity index (χ1n) is 2.38. The Balaban J connectivity index is 0.000000218. The van der Waals surface area contributed by atoms with Gasteiger partial charge in [0, 0.05) is 12.2 Å². The number of ether oxygens (including phenoxy) is 1. The first-order valence-corrected chi connectivity index (χ1v) is 2.38. The summed E-state index contributed by atoms with van der Waals surface area (Å²) in [5.41, 5.74) is 0. The molecule has 0 amide bonds. The predicted octanol–water partition coefficient (Wildman–Crippen LogP) is -0.152. The molecule has 6 nitrogen and oxygen atoms in total. The fraction of sp³-hybridized carbons (Fsp3) is 0. The van der Waals surface area contributed by atoms with Crippen LogP contribution < -0.4 is 0 Å². The van der Waals surface area contributed by atoms with E-state index in [1.165, 1.54) is 0 Å². The van der Waals surface area contributed by atoms with E-state index in [1.807, 2.05) is 0 Å². The number of carbonyl (C=O) groups excluding carboxylic acids is 2. The van der Waals surface area contributed by atoms with Crippen molar-refractivity contribution in [1.29, 1.82) is 0 Å². The SMILES string of the molecule is O=C(O)O.O=C1C=CC(=O)O1. The fourth-order valence-corrected chi connectivity index (χ4v) is 0.303. The fourth-order valence-electron chi connectivity index (χ4n) is 0.303. The zero-order valence-electron chi connectivity index (χ0n) is 5.18. The molecule has 0 fully saturated rings. The largest absolute Gasteiger partial charge is 0.503 e. The van der Waals surface area contributed by atoms with Crippen LogP contribution in [0.25, 0.3) is 0 Å². The summed E-state index contributed by atoms with van der Waals surface area (Å²) in [6, 6.07) is 0. The molecule has 0 radical (unpaired) electrons. The quantitative estimate of drug-likeness (QED) is 0.377. The molecule has 1 aliphatic rings. The van der Waals surface area contributed by atoms with Gasteiger partial charge in [-0.25, -0.2) is 14.4 Å². The van der Waals surface area contributed by atoms with Gasteiger partial charge in [0.1, 0.15) is 0 Å². The number of esters is 2. The van der Waals surface area contributed by atoms with Crippen LogP contribution in [0, 0.1) is 0 Å². The molecule has 0 spiro atoms. The number of carboxylic acid groups (broad SMARTS) is 2. The third-order valence-electron chi connectivity index (χ3n) is 0.557. The Kier molecular flexibility index (Phi) is 3.36. The highest BCUT2D eigenvalue weighted by Gasteiger charge is 2.10. The maximum atomic E-state index is 9.92. The number of carbonyl (C=O) groups is 3. The molecule has 0 unspecified atom stereocenters. The van der Waals surface area contributed by atoms with Gasteiger partial charge < -0.3 is 14.9 Å². The van der Waals surface area contributed by atoms with Gasteiger partial charge in [-0.05, 0) is 0 Å². The van der Waals surface area contributed by atoms with Gasteiger partial charge in [0.15, 0.2) is 0 Å². The van der Waals surface area contributed by atoms with Crippen molar-refractivity contribution >= 4 is 18.1 Å². The molecular weight excluding hydrogens is 156 g/mol. The molecule has 0 saturated heterocycles. The second kappa shape index (κ2) is 4.04. The van der Waals surface area contributed by atoms with Gasteiger partial charge in [-0.1, -0.05) is 0 Å². The van der Waals surface area contributed by atoms with Crippen molar-refractivity contribution in [2.75, 3.05) is 0 Å². The van der Waals surface area contributed by atoms with Crippen molar-refractivity contribution in [2.24, 2.45) is 0 Å². The van der Waals surface area contributed by atoms with E-state index in [4.69, 9.17) is 15.0 Å². The lowest BCUT2D eigenvalue weighted by Crippen LogP contribution is -1.96. The van der Waals surface area contributed by atoms with Crippen LogP contribution in [0.5, 0.6) is 0 Å². The highest BCUT2D eigenvalue weighted by molar-refractivity contribution is 6.04. The Labute approximate surface area is 60.7 Å². The molecule has 2 N–H and O–H groups in total. The number of hydrogen-bond donors (Lipinski definition) is 2. The average molecular weight is 160 g/mol. The van der Waals surface area contributed by atoms with E-state index in [2.05, 4.69) is 4.74 Å². The summed E-state index contributed by atoms with van der Waals surface area (Å²) in [7, 11) is 0. The van der Waals surface area contributed by atoms with Crippen molar-refractivity contribution in [3.8, 4) is 0 Å². The lowest BCUT2D eigenvalue weighted by molar-refractivity contribution is -0.150. The van der Waals surface area contributed by atoms with Crippen molar-refractivity contribution in [3.05, 3.63) is 12.2 Å². The highest BCUT2D eigenvalue weighted by atomic mass is 16.6. The molecule has 1 heterocycles. The van der Waals surface area contributed by atoms with E-state index in [1.54, 1.807) is 0 Å². The van der Waals surface area contributed by atoms with Crippen molar-refractivity contribution in [3.63, 3.8) is 0 Å². The lowest BCUT2D eigenvalue weighted by atomic mass is 10.6. The molecular formula is C5H4O6. The molecule has 0 aliphatic carbocycles. The maximum absolute atomic E-state index is 9.92. The van der Waals surface area contributed by atoms with Crippen LogP contribution in [0.15, 0.2) is 12.2 Å². The van der Waals surface area contributed by atoms with Crippen LogP contribution in [0.1, 0.15) is 0 Å². The predicted molar refractivity (Wildman–Crippen MR) is 30.9 cm³/mol. The summed E-state index contributed by atoms with van der Waals surface area (Å²) in [5.74, 6) is -1.16. The van der Waals surface area contributed by atoms with E-state index in [0.29, 0.717) is 0 Å². The maximum Gasteiger partial charge on any atom is 0.503 e. The molecule has 0 aromatic rings. The van der Waals surface area contributed by atoms with E-state index in [9.17, 15) is 9.59 Å². The monoisotopic (exact) mass is 160 g/mol. The van der Waals surface area contributed by atoms with Crippen LogP contribution in [0.2, 0.25) is 0 Å². The van der Waals surface area contributed by atoms with E-state index < -0.39 is 18.1 Å². The topological polar surface area (TPSA) is 101 Å². The standard InChI is InChI=1S/C4H2O3.CH2O3/c5-3-1-2-4(6)7-3;2-1(3)4/h1-2H;(H2,2,3,4). The Bertz CT molecular complexity index is 195. The van der Waals surface area contributed by atoms with Gasteiger partial charge in [-0.2, -0.15) is 0 Å². The molecule has 0 saturated carbocycles. The van der Waals surface area contributed by atoms with E-state index in [-0.39, 0.29) is 0 Å². The van der Waals surface area contributed by atoms with Gasteiger partial charge in [-0.3, -0.25) is 0 Å². The Hall–Kier alpha value is -1.85. The zero-order chi connectivity index (χ0) is 8.85. The summed E-state index contributed by atoms with van der Waals surface area (Å²) >= 11 is 0. The molecule has 0 bridgehead atoms. The van der Waals surface area contributed by atoms with Crippen LogP contribution in [-0.4, -0.2) is 28.3 Å². The molecule has 60 valence electrons. The Morgan fingerprint density at radius 2 is 1.45 bits per heavy atom. The molecule has 1 rings (SSSR count). The Morgan fingerprint density at radius 3 is 1.55 bits per heavy atom. The minimum absolute atomic E-state index is 0.579. The summed E-state index contributed by atoms with van der Waals surface area (Å²) in [4.78, 5) is 28.4. The second-order valence-electron chi connectivity index (χ2n) is 1.36. The summed E-state index contributed by atoms with van der Waals surface area (Å²) in [6.07, 6.45) is 0.338. The summed E-state index contributed by atoms with van der Waals surface area (Å²) < 4.78 is 3.97. The molecule has 11 heavy (non-hydrogen) atoms. The first kappa shape index (κ1) is 9.15. The van der Waals surface area contributed by atoms with Crippen molar-refractivity contribution in [1.82, 2.24) is 0 Å². The van der Waals surface area contributed by atoms with Crippen LogP contribution in [0.4, 0.5) is 4.79 Å². The molecule has 0 aromatic heterocycles. The van der Waals surface area contributed by atoms with Crippen molar-refractivity contribution in [2.45, 2.75) is 0 Å². The zero-order valence-corrected chi connectivity index (χ0v) is 5.18. The highest BCUT2D eigenvalue weighted by Crippen LogP contribution is 1.92. The molecule has 0 atom stereocenters. The van der Waals surface area contributed by atoms with Gasteiger partial charge >= 0.3 is 18.1 Å². The average Bonchev–Trinajstić information content (AvgIpc) is 2.13. The third kappa shape index (κ3) is 6.03. The summed E-state index contributed by atoms with van der Waals surface area (Å²) in [6.45, 7) is 0. The van der Waals surface area contributed by atoms with Crippen LogP contribution in [0.3, 0.4) is 0 Å². The minimum atomic E-state index is -1.83. The van der Waals surface area contributed by atoms with Gasteiger partial charge in [0.2, 0.25) is 0 Å². The summed E-state index contributed by atoms with van der Waals surface area (Å²) in [5, 5.41) is 13.9. The third-order valence-corrected chi connectivity index (χ3v) is 0.557. The lowest BCUT2D eigenvalue weighted by Gasteiger charge is -1.80. The smallest absolute Gasteiger partial charge is 0.450 e. The van der Waals surface area contributed by atoms with E-state index in [0.717, 1.165) is 12.2 Å². The Morgan fingerprint density at radius 1 is 1.18 bits per heavy atom. The number of cyclic esters (lactones) is 2. The molecule has 6 heteroatoms. The van der Waals surface area contributed by atoms with Crippen molar-refractivity contribution < 1.29 is 29.3 Å². The van der Waals surface area contributed by atoms with Crippen LogP contribution >= 0.6 is 0 Å². The number of rotatable bonds is 0. The normalized spacial score (nSPS) is 13.5. The number of hydrogen-bond acceptors (Lipinski definition) is 4. The van der Waals surface area contributed by atoms with Gasteiger partial charge in [-0.15, -0.1) is 0 Å². The second-order valence-corrected chi connectivity index (χ2v) is 1.36. The molecule has 1 aliphatic heterocycles. The van der Waals surface area contributed by atoms with Gasteiger partial charge in [0.05, 0.1) is 0 Å². The molecule has 0 aromatic carbocycles. The van der Waals surface area contributed by atoms with Gasteiger partial charge in [0.25, 0.3) is 0 Å². The van der Waals surface area contributed by atoms with Crippen LogP contribution in [-0.2, 0) is 14.3 Å².